The van der Waals surface area contributed by atoms with Crippen molar-refractivity contribution < 1.29 is 24.2 Å². The Hall–Kier alpha value is -2.41. The second-order valence-corrected chi connectivity index (χ2v) is 6.02. The molecule has 1 aliphatic heterocycles. The lowest BCUT2D eigenvalue weighted by Gasteiger charge is -2.34. The molecule has 2 N–H and O–H groups in total. The maximum atomic E-state index is 12.3. The molecule has 7 nitrogen and oxygen atoms in total. The van der Waals surface area contributed by atoms with Gasteiger partial charge in [-0.2, -0.15) is 0 Å². The van der Waals surface area contributed by atoms with E-state index in [9.17, 15) is 14.4 Å². The van der Waals surface area contributed by atoms with Crippen LogP contribution in [0.15, 0.2) is 24.3 Å². The second kappa shape index (κ2) is 9.17. The van der Waals surface area contributed by atoms with Gasteiger partial charge in [0.05, 0.1) is 25.7 Å². The Morgan fingerprint density at radius 2 is 2.12 bits per heavy atom. The minimum Gasteiger partial charge on any atom is -0.481 e. The van der Waals surface area contributed by atoms with E-state index in [-0.39, 0.29) is 37.7 Å². The first-order valence-corrected chi connectivity index (χ1v) is 8.47. The van der Waals surface area contributed by atoms with Crippen LogP contribution in [0.5, 0.6) is 0 Å². The van der Waals surface area contributed by atoms with Gasteiger partial charge in [-0.25, -0.2) is 0 Å². The number of nitrogens with one attached hydrogen (secondary N) is 1. The van der Waals surface area contributed by atoms with Crippen molar-refractivity contribution in [2.75, 3.05) is 25.1 Å². The van der Waals surface area contributed by atoms with E-state index in [1.165, 1.54) is 4.90 Å². The zero-order valence-corrected chi connectivity index (χ0v) is 14.4. The van der Waals surface area contributed by atoms with Crippen LogP contribution in [0.1, 0.15) is 31.7 Å². The standard InChI is InChI=1S/C18H24N2O5/c1-2-13-4-3-5-14(10-13)19-16(21)6-7-17(22)20-8-9-25-12-15(20)11-18(23)24/h3-5,10,15H,2,6-9,11-12H2,1H3,(H,19,21)(H,23,24)/t15-/m0/s1. The van der Waals surface area contributed by atoms with Gasteiger partial charge < -0.3 is 20.1 Å². The van der Waals surface area contributed by atoms with Crippen molar-refractivity contribution >= 4 is 23.5 Å². The third kappa shape index (κ3) is 5.86. The first-order valence-electron chi connectivity index (χ1n) is 8.47. The third-order valence-corrected chi connectivity index (χ3v) is 4.14. The minimum absolute atomic E-state index is 0.0510. The van der Waals surface area contributed by atoms with Gasteiger partial charge in [0.2, 0.25) is 11.8 Å². The quantitative estimate of drug-likeness (QED) is 0.781. The molecule has 1 aromatic carbocycles. The molecule has 7 heteroatoms. The van der Waals surface area contributed by atoms with Crippen molar-refractivity contribution in [3.63, 3.8) is 0 Å². The molecule has 136 valence electrons. The van der Waals surface area contributed by atoms with E-state index in [2.05, 4.69) is 5.32 Å². The fourth-order valence-corrected chi connectivity index (χ4v) is 2.81. The molecule has 25 heavy (non-hydrogen) atoms. The number of aryl methyl sites for hydroxylation is 1. The third-order valence-electron chi connectivity index (χ3n) is 4.14. The van der Waals surface area contributed by atoms with Crippen LogP contribution < -0.4 is 5.32 Å². The van der Waals surface area contributed by atoms with Crippen LogP contribution >= 0.6 is 0 Å². The van der Waals surface area contributed by atoms with E-state index in [1.54, 1.807) is 0 Å². The summed E-state index contributed by atoms with van der Waals surface area (Å²) in [7, 11) is 0. The molecule has 0 aliphatic carbocycles. The Morgan fingerprint density at radius 3 is 2.84 bits per heavy atom. The first-order chi connectivity index (χ1) is 12.0. The molecule has 0 aromatic heterocycles. The number of aliphatic carboxylic acids is 1. The van der Waals surface area contributed by atoms with Crippen molar-refractivity contribution in [3.05, 3.63) is 29.8 Å². The number of rotatable bonds is 7. The molecule has 1 heterocycles. The highest BCUT2D eigenvalue weighted by Crippen LogP contribution is 2.15. The minimum atomic E-state index is -0.971. The smallest absolute Gasteiger partial charge is 0.305 e. The number of hydrogen-bond acceptors (Lipinski definition) is 4. The molecular formula is C18H24N2O5. The monoisotopic (exact) mass is 348 g/mol. The molecule has 0 radical (unpaired) electrons. The Kier molecular flexibility index (Phi) is 6.94. The lowest BCUT2D eigenvalue weighted by molar-refractivity contribution is -0.146. The number of nitrogens with zero attached hydrogens (tertiary/aromatic N) is 1. The lowest BCUT2D eigenvalue weighted by atomic mass is 10.1. The van der Waals surface area contributed by atoms with E-state index in [0.29, 0.717) is 18.8 Å². The van der Waals surface area contributed by atoms with Crippen LogP contribution in [0.2, 0.25) is 0 Å². The predicted molar refractivity (Wildman–Crippen MR) is 92.3 cm³/mol. The second-order valence-electron chi connectivity index (χ2n) is 6.02. The molecule has 0 saturated carbocycles. The first kappa shape index (κ1) is 18.9. The van der Waals surface area contributed by atoms with Gasteiger partial charge in [-0.1, -0.05) is 19.1 Å². The number of carboxylic acids is 1. The van der Waals surface area contributed by atoms with Crippen molar-refractivity contribution in [2.45, 2.75) is 38.6 Å². The summed E-state index contributed by atoms with van der Waals surface area (Å²) in [6.07, 6.45) is 0.841. The van der Waals surface area contributed by atoms with Crippen LogP contribution in [-0.4, -0.2) is 53.6 Å². The molecule has 0 spiro atoms. The van der Waals surface area contributed by atoms with Crippen molar-refractivity contribution in [1.82, 2.24) is 4.90 Å². The average Bonchev–Trinajstić information content (AvgIpc) is 2.60. The van der Waals surface area contributed by atoms with E-state index >= 15 is 0 Å². The van der Waals surface area contributed by atoms with E-state index < -0.39 is 12.0 Å². The van der Waals surface area contributed by atoms with E-state index in [0.717, 1.165) is 12.0 Å². The van der Waals surface area contributed by atoms with Gasteiger partial charge in [-0.05, 0) is 24.1 Å². The molecule has 1 aliphatic rings. The van der Waals surface area contributed by atoms with Crippen LogP contribution in [0, 0.1) is 0 Å². The van der Waals surface area contributed by atoms with Gasteiger partial charge in [0.1, 0.15) is 0 Å². The van der Waals surface area contributed by atoms with E-state index in [4.69, 9.17) is 9.84 Å². The number of hydrogen-bond donors (Lipinski definition) is 2. The fraction of sp³-hybridized carbons (Fsp3) is 0.500. The highest BCUT2D eigenvalue weighted by molar-refractivity contribution is 5.93. The normalized spacial score (nSPS) is 17.2. The van der Waals surface area contributed by atoms with Crippen LogP contribution in [-0.2, 0) is 25.5 Å². The largest absolute Gasteiger partial charge is 0.481 e. The van der Waals surface area contributed by atoms with Gasteiger partial charge in [0.25, 0.3) is 0 Å². The number of amides is 2. The van der Waals surface area contributed by atoms with Crippen LogP contribution in [0.3, 0.4) is 0 Å². The van der Waals surface area contributed by atoms with Crippen molar-refractivity contribution in [2.24, 2.45) is 0 Å². The number of anilines is 1. The maximum Gasteiger partial charge on any atom is 0.305 e. The van der Waals surface area contributed by atoms with Gasteiger partial charge in [-0.3, -0.25) is 14.4 Å². The Bertz CT molecular complexity index is 632. The molecule has 0 unspecified atom stereocenters. The summed E-state index contributed by atoms with van der Waals surface area (Å²) >= 11 is 0. The molecule has 0 bridgehead atoms. The fourth-order valence-electron chi connectivity index (χ4n) is 2.81. The lowest BCUT2D eigenvalue weighted by Crippen LogP contribution is -2.49. The molecule has 1 fully saturated rings. The summed E-state index contributed by atoms with van der Waals surface area (Å²) in [6, 6.07) is 7.11. The molecule has 1 saturated heterocycles. The number of carbonyl (C=O) groups excluding carboxylic acids is 2. The average molecular weight is 348 g/mol. The summed E-state index contributed by atoms with van der Waals surface area (Å²) in [6.45, 7) is 3.00. The van der Waals surface area contributed by atoms with Gasteiger partial charge in [-0.15, -0.1) is 0 Å². The zero-order chi connectivity index (χ0) is 18.2. The van der Waals surface area contributed by atoms with Gasteiger partial charge in [0.15, 0.2) is 0 Å². The summed E-state index contributed by atoms with van der Waals surface area (Å²) in [4.78, 5) is 36.8. The number of morpholine rings is 1. The number of carboxylic acid groups (broad SMARTS) is 1. The summed E-state index contributed by atoms with van der Waals surface area (Å²) in [5.41, 5.74) is 1.84. The predicted octanol–water partition coefficient (Wildman–Crippen LogP) is 1.67. The van der Waals surface area contributed by atoms with Crippen LogP contribution in [0.25, 0.3) is 0 Å². The van der Waals surface area contributed by atoms with Gasteiger partial charge in [0, 0.05) is 25.1 Å². The van der Waals surface area contributed by atoms with Crippen molar-refractivity contribution in [1.29, 1.82) is 0 Å². The highest BCUT2D eigenvalue weighted by atomic mass is 16.5. The van der Waals surface area contributed by atoms with Crippen molar-refractivity contribution in [3.8, 4) is 0 Å². The van der Waals surface area contributed by atoms with Gasteiger partial charge >= 0.3 is 5.97 Å². The maximum absolute atomic E-state index is 12.3. The zero-order valence-electron chi connectivity index (χ0n) is 14.4. The summed E-state index contributed by atoms with van der Waals surface area (Å²) in [5.74, 6) is -1.42. The summed E-state index contributed by atoms with van der Waals surface area (Å²) < 4.78 is 5.25. The number of carbonyl (C=O) groups is 3. The molecule has 1 aromatic rings. The Labute approximate surface area is 147 Å². The Balaban J connectivity index is 1.85. The topological polar surface area (TPSA) is 95.9 Å². The summed E-state index contributed by atoms with van der Waals surface area (Å²) in [5, 5.41) is 11.7. The molecule has 2 amide bonds. The molecule has 1 atom stereocenters. The van der Waals surface area contributed by atoms with E-state index in [1.807, 2.05) is 31.2 Å². The number of benzene rings is 1. The SMILES string of the molecule is CCc1cccc(NC(=O)CCC(=O)N2CCOC[C@@H]2CC(=O)O)c1. The highest BCUT2D eigenvalue weighted by Gasteiger charge is 2.29. The molecular weight excluding hydrogens is 324 g/mol. The Morgan fingerprint density at radius 1 is 1.32 bits per heavy atom. The molecule has 2 rings (SSSR count). The number of ether oxygens (including phenoxy) is 1. The van der Waals surface area contributed by atoms with Crippen LogP contribution in [0.4, 0.5) is 5.69 Å².